The fraction of sp³-hybridized carbons (Fsp3) is 0.208. The molecule has 0 saturated carbocycles. The summed E-state index contributed by atoms with van der Waals surface area (Å²) in [4.78, 5) is 17.8. The van der Waals surface area contributed by atoms with Crippen LogP contribution in [0.25, 0.3) is 28.1 Å². The minimum atomic E-state index is -0.237. The molecule has 1 N–H and O–H groups in total. The van der Waals surface area contributed by atoms with Gasteiger partial charge in [0, 0.05) is 34.2 Å². The van der Waals surface area contributed by atoms with Crippen molar-refractivity contribution in [1.82, 2.24) is 34.3 Å². The van der Waals surface area contributed by atoms with Crippen molar-refractivity contribution in [3.8, 4) is 17.1 Å². The lowest BCUT2D eigenvalue weighted by molar-refractivity contribution is 0.413. The van der Waals surface area contributed by atoms with E-state index < -0.39 is 0 Å². The maximum absolute atomic E-state index is 6.43. The van der Waals surface area contributed by atoms with E-state index in [1.807, 2.05) is 37.3 Å². The molecule has 3 heterocycles. The molecule has 0 fully saturated rings. The number of aromatic nitrogens is 7. The normalized spacial score (nSPS) is 11.8. The first-order valence-electron chi connectivity index (χ1n) is 10.6. The van der Waals surface area contributed by atoms with Gasteiger partial charge >= 0.3 is 0 Å². The molecule has 0 atom stereocenters. The van der Waals surface area contributed by atoms with Gasteiger partial charge in [-0.15, -0.1) is 0 Å². The van der Waals surface area contributed by atoms with Gasteiger partial charge < -0.3 is 9.88 Å². The van der Waals surface area contributed by atoms with Gasteiger partial charge in [0.15, 0.2) is 0 Å². The Morgan fingerprint density at radius 1 is 0.970 bits per heavy atom. The Morgan fingerprint density at radius 3 is 2.45 bits per heavy atom. The Morgan fingerprint density at radius 2 is 1.76 bits per heavy atom. The predicted molar refractivity (Wildman–Crippen MR) is 130 cm³/mol. The van der Waals surface area contributed by atoms with Crippen molar-refractivity contribution >= 4 is 34.3 Å². The average molecular weight is 459 g/mol. The molecule has 0 saturated heterocycles. The number of nitrogens with one attached hydrogen (secondary N) is 1. The van der Waals surface area contributed by atoms with Gasteiger partial charge in [-0.3, -0.25) is 0 Å². The highest BCUT2D eigenvalue weighted by molar-refractivity contribution is 6.31. The Labute approximate surface area is 196 Å². The first-order valence-corrected chi connectivity index (χ1v) is 10.9. The van der Waals surface area contributed by atoms with Gasteiger partial charge in [-0.1, -0.05) is 11.6 Å². The van der Waals surface area contributed by atoms with E-state index in [1.165, 1.54) is 0 Å². The molecule has 8 nitrogen and oxygen atoms in total. The van der Waals surface area contributed by atoms with Gasteiger partial charge in [0.25, 0.3) is 0 Å². The maximum Gasteiger partial charge on any atom is 0.227 e. The predicted octanol–water partition coefficient (Wildman–Crippen LogP) is 5.53. The molecule has 0 aliphatic heterocycles. The number of fused-ring (bicyclic) bond motifs is 1. The highest BCUT2D eigenvalue weighted by atomic mass is 35.5. The lowest BCUT2D eigenvalue weighted by Gasteiger charge is -2.25. The smallest absolute Gasteiger partial charge is 0.227 e. The molecule has 0 amide bonds. The van der Waals surface area contributed by atoms with Gasteiger partial charge in [-0.05, 0) is 70.2 Å². The van der Waals surface area contributed by atoms with Crippen LogP contribution in [0.5, 0.6) is 0 Å². The van der Waals surface area contributed by atoms with Crippen LogP contribution in [0.4, 0.5) is 11.6 Å². The summed E-state index contributed by atoms with van der Waals surface area (Å²) in [7, 11) is 0. The number of rotatable bonds is 4. The molecule has 0 radical (unpaired) electrons. The molecule has 3 aromatic heterocycles. The van der Waals surface area contributed by atoms with Crippen molar-refractivity contribution in [3.05, 3.63) is 72.0 Å². The summed E-state index contributed by atoms with van der Waals surface area (Å²) < 4.78 is 3.98. The van der Waals surface area contributed by atoms with Crippen LogP contribution in [-0.4, -0.2) is 34.3 Å². The van der Waals surface area contributed by atoms with Crippen LogP contribution in [0.15, 0.2) is 61.2 Å². The molecule has 5 aromatic rings. The Hall–Kier alpha value is -3.78. The number of benzene rings is 2. The third-order valence-electron chi connectivity index (χ3n) is 5.20. The largest absolute Gasteiger partial charge is 0.324 e. The summed E-state index contributed by atoms with van der Waals surface area (Å²) in [5.41, 5.74) is 4.21. The molecule has 166 valence electrons. The van der Waals surface area contributed by atoms with Gasteiger partial charge in [0.05, 0.1) is 16.7 Å². The van der Waals surface area contributed by atoms with Crippen molar-refractivity contribution in [2.24, 2.45) is 0 Å². The third-order valence-corrected chi connectivity index (χ3v) is 5.44. The minimum Gasteiger partial charge on any atom is -0.324 e. The van der Waals surface area contributed by atoms with Crippen LogP contribution in [0.2, 0.25) is 5.02 Å². The lowest BCUT2D eigenvalue weighted by atomic mass is 10.1. The van der Waals surface area contributed by atoms with Crippen LogP contribution in [0, 0.1) is 6.92 Å². The second kappa shape index (κ2) is 7.97. The van der Waals surface area contributed by atoms with E-state index in [-0.39, 0.29) is 5.54 Å². The molecule has 0 aliphatic rings. The number of aryl methyl sites for hydroxylation is 1. The number of hydrogen-bond acceptors (Lipinski definition) is 6. The topological polar surface area (TPSA) is 86.3 Å². The molecule has 0 unspecified atom stereocenters. The lowest BCUT2D eigenvalue weighted by Crippen LogP contribution is -2.23. The summed E-state index contributed by atoms with van der Waals surface area (Å²) >= 11 is 6.43. The minimum absolute atomic E-state index is 0.237. The number of hydrogen-bond donors (Lipinski definition) is 1. The summed E-state index contributed by atoms with van der Waals surface area (Å²) in [6.45, 7) is 8.34. The summed E-state index contributed by atoms with van der Waals surface area (Å²) in [5, 5.41) is 8.37. The van der Waals surface area contributed by atoms with Crippen LogP contribution < -0.4 is 5.32 Å². The number of halogens is 1. The van der Waals surface area contributed by atoms with Crippen molar-refractivity contribution in [2.75, 3.05) is 5.32 Å². The fourth-order valence-electron chi connectivity index (χ4n) is 3.86. The van der Waals surface area contributed by atoms with E-state index >= 15 is 0 Å². The zero-order valence-corrected chi connectivity index (χ0v) is 19.5. The second-order valence-electron chi connectivity index (χ2n) is 8.74. The summed E-state index contributed by atoms with van der Waals surface area (Å²) in [6.07, 6.45) is 5.10. The van der Waals surface area contributed by atoms with E-state index in [0.717, 1.165) is 33.8 Å². The molecule has 0 bridgehead atoms. The van der Waals surface area contributed by atoms with Gasteiger partial charge in [-0.2, -0.15) is 5.10 Å². The quantitative estimate of drug-likeness (QED) is 0.380. The van der Waals surface area contributed by atoms with Crippen molar-refractivity contribution in [1.29, 1.82) is 0 Å². The molecule has 0 spiro atoms. The monoisotopic (exact) mass is 458 g/mol. The van der Waals surface area contributed by atoms with E-state index in [9.17, 15) is 0 Å². The van der Waals surface area contributed by atoms with Crippen LogP contribution in [0.1, 0.15) is 26.6 Å². The molecule has 9 heteroatoms. The van der Waals surface area contributed by atoms with Crippen molar-refractivity contribution in [2.45, 2.75) is 33.2 Å². The van der Waals surface area contributed by atoms with E-state index in [0.29, 0.717) is 16.8 Å². The maximum atomic E-state index is 6.43. The zero-order chi connectivity index (χ0) is 23.2. The molecule has 0 aliphatic carbocycles. The van der Waals surface area contributed by atoms with Gasteiger partial charge in [0.2, 0.25) is 5.95 Å². The zero-order valence-electron chi connectivity index (χ0n) is 18.8. The summed E-state index contributed by atoms with van der Waals surface area (Å²) in [5.74, 6) is 2.03. The Balaban J connectivity index is 1.71. The van der Waals surface area contributed by atoms with Crippen LogP contribution >= 0.6 is 11.6 Å². The highest BCUT2D eigenvalue weighted by Crippen LogP contribution is 2.36. The second-order valence-corrected chi connectivity index (χ2v) is 9.18. The summed E-state index contributed by atoms with van der Waals surface area (Å²) in [6, 6.07) is 13.6. The van der Waals surface area contributed by atoms with Crippen molar-refractivity contribution < 1.29 is 0 Å². The Kier molecular flexibility index (Phi) is 5.09. The van der Waals surface area contributed by atoms with Crippen LogP contribution in [-0.2, 0) is 5.54 Å². The SMILES string of the molecule is Cc1ncn(-c2ccc(Cl)cc2-c2nc3cc(Nc4ncccn4)ccc3n2C(C)(C)C)n1. The van der Waals surface area contributed by atoms with Gasteiger partial charge in [-0.25, -0.2) is 24.6 Å². The third kappa shape index (κ3) is 4.05. The number of nitrogens with zero attached hydrogens (tertiary/aromatic N) is 7. The van der Waals surface area contributed by atoms with Crippen LogP contribution in [0.3, 0.4) is 0 Å². The number of anilines is 2. The highest BCUT2D eigenvalue weighted by Gasteiger charge is 2.25. The first kappa shape index (κ1) is 21.1. The Bertz CT molecular complexity index is 1450. The fourth-order valence-corrected chi connectivity index (χ4v) is 4.03. The van der Waals surface area contributed by atoms with E-state index in [4.69, 9.17) is 16.6 Å². The van der Waals surface area contributed by atoms with E-state index in [2.05, 4.69) is 56.8 Å². The molecule has 33 heavy (non-hydrogen) atoms. The van der Waals surface area contributed by atoms with Gasteiger partial charge in [0.1, 0.15) is 18.0 Å². The first-order chi connectivity index (χ1) is 15.8. The standard InChI is InChI=1S/C24H23ClN8/c1-15-28-14-32(31-15)20-8-6-16(25)12-18(20)22-30-19-13-17(29-23-26-10-5-11-27-23)7-9-21(19)33(22)24(2,3)4/h5-14H,1-4H3,(H,26,27,29). The van der Waals surface area contributed by atoms with Crippen molar-refractivity contribution in [3.63, 3.8) is 0 Å². The molecule has 5 rings (SSSR count). The van der Waals surface area contributed by atoms with E-state index in [1.54, 1.807) is 29.5 Å². The average Bonchev–Trinajstić information content (AvgIpc) is 3.37. The molecular formula is C24H23ClN8. The molecule has 2 aromatic carbocycles. The number of imidazole rings is 1. The molecular weight excluding hydrogens is 436 g/mol.